The monoisotopic (exact) mass is 305 g/mol. The highest BCUT2D eigenvalue weighted by Crippen LogP contribution is 2.29. The molecule has 2 heterocycles. The van der Waals surface area contributed by atoms with E-state index in [2.05, 4.69) is 34.3 Å². The minimum absolute atomic E-state index is 0.295. The lowest BCUT2D eigenvalue weighted by atomic mass is 10.1. The van der Waals surface area contributed by atoms with E-state index in [1.165, 1.54) is 4.57 Å². The number of aromatic nitrogens is 3. The summed E-state index contributed by atoms with van der Waals surface area (Å²) in [6.45, 7) is 8.30. The molecule has 2 rings (SSSR count). The molecular formula is C13H22F3N5. The first-order chi connectivity index (χ1) is 9.88. The molecule has 0 atom stereocenters. The third-order valence-electron chi connectivity index (χ3n) is 3.59. The lowest BCUT2D eigenvalue weighted by Crippen LogP contribution is -2.39. The van der Waals surface area contributed by atoms with Gasteiger partial charge in [0.25, 0.3) is 0 Å². The molecule has 1 aliphatic heterocycles. The molecule has 1 aromatic heterocycles. The van der Waals surface area contributed by atoms with Gasteiger partial charge in [0.1, 0.15) is 5.82 Å². The van der Waals surface area contributed by atoms with E-state index in [1.807, 2.05) is 0 Å². The fourth-order valence-electron chi connectivity index (χ4n) is 2.36. The van der Waals surface area contributed by atoms with Crippen LogP contribution < -0.4 is 5.32 Å². The quantitative estimate of drug-likeness (QED) is 0.813. The van der Waals surface area contributed by atoms with Crippen molar-refractivity contribution >= 4 is 0 Å². The number of halogens is 3. The predicted octanol–water partition coefficient (Wildman–Crippen LogP) is 1.75. The third kappa shape index (κ3) is 4.41. The Morgan fingerprint density at radius 1 is 1.19 bits per heavy atom. The van der Waals surface area contributed by atoms with Crippen LogP contribution in [0, 0.1) is 5.92 Å². The molecule has 0 amide bonds. The molecule has 0 saturated carbocycles. The topological polar surface area (TPSA) is 46.0 Å². The molecule has 5 nitrogen and oxygen atoms in total. The Morgan fingerprint density at radius 2 is 1.95 bits per heavy atom. The highest BCUT2D eigenvalue weighted by atomic mass is 19.4. The van der Waals surface area contributed by atoms with Gasteiger partial charge in [0.05, 0.1) is 6.54 Å². The lowest BCUT2D eigenvalue weighted by molar-refractivity contribution is -0.148. The first-order valence-corrected chi connectivity index (χ1v) is 7.30. The second-order valence-electron chi connectivity index (χ2n) is 5.80. The molecule has 0 aromatic carbocycles. The lowest BCUT2D eigenvalue weighted by Gasteiger charge is -2.27. The maximum absolute atomic E-state index is 12.7. The first-order valence-electron chi connectivity index (χ1n) is 7.30. The van der Waals surface area contributed by atoms with Crippen LogP contribution >= 0.6 is 0 Å². The van der Waals surface area contributed by atoms with Gasteiger partial charge in [-0.05, 0) is 18.9 Å². The standard InChI is InChI=1S/C13H22F3N5/c1-10(2)3-4-17-5-6-20-7-8-21-11(9-20)18-19-12(21)13(14,15)16/h10,17H,3-9H2,1-2H3. The van der Waals surface area contributed by atoms with Crippen molar-refractivity contribution in [3.63, 3.8) is 0 Å². The largest absolute Gasteiger partial charge is 0.451 e. The van der Waals surface area contributed by atoms with Crippen LogP contribution in [0.15, 0.2) is 0 Å². The number of alkyl halides is 3. The Morgan fingerprint density at radius 3 is 2.62 bits per heavy atom. The van der Waals surface area contributed by atoms with E-state index in [0.29, 0.717) is 31.4 Å². The molecule has 0 spiro atoms. The summed E-state index contributed by atoms with van der Waals surface area (Å²) in [6, 6.07) is 0. The first kappa shape index (κ1) is 16.2. The van der Waals surface area contributed by atoms with E-state index in [4.69, 9.17) is 0 Å². The summed E-state index contributed by atoms with van der Waals surface area (Å²) in [6.07, 6.45) is -3.30. The zero-order valence-corrected chi connectivity index (χ0v) is 12.4. The van der Waals surface area contributed by atoms with Gasteiger partial charge in [-0.1, -0.05) is 13.8 Å². The van der Waals surface area contributed by atoms with Crippen LogP contribution in [0.3, 0.4) is 0 Å². The van der Waals surface area contributed by atoms with Crippen LogP contribution in [0.1, 0.15) is 31.9 Å². The van der Waals surface area contributed by atoms with Gasteiger partial charge in [0.2, 0.25) is 5.82 Å². The van der Waals surface area contributed by atoms with Crippen LogP contribution in [-0.4, -0.2) is 45.8 Å². The van der Waals surface area contributed by atoms with Crippen molar-refractivity contribution in [3.8, 4) is 0 Å². The maximum atomic E-state index is 12.7. The summed E-state index contributed by atoms with van der Waals surface area (Å²) >= 11 is 0. The molecule has 120 valence electrons. The number of fused-ring (bicyclic) bond motifs is 1. The second kappa shape index (κ2) is 6.74. The average molecular weight is 305 g/mol. The van der Waals surface area contributed by atoms with Crippen molar-refractivity contribution in [1.82, 2.24) is 25.0 Å². The van der Waals surface area contributed by atoms with Crippen LogP contribution in [-0.2, 0) is 19.3 Å². The Labute approximate surface area is 122 Å². The van der Waals surface area contributed by atoms with Gasteiger partial charge >= 0.3 is 6.18 Å². The highest BCUT2D eigenvalue weighted by molar-refractivity contribution is 5.02. The van der Waals surface area contributed by atoms with Gasteiger partial charge in [0, 0.05) is 26.2 Å². The molecule has 1 N–H and O–H groups in total. The normalized spacial score (nSPS) is 16.5. The van der Waals surface area contributed by atoms with Crippen molar-refractivity contribution in [2.75, 3.05) is 26.2 Å². The van der Waals surface area contributed by atoms with E-state index in [1.54, 1.807) is 0 Å². The van der Waals surface area contributed by atoms with Gasteiger partial charge in [-0.2, -0.15) is 13.2 Å². The fourth-order valence-corrected chi connectivity index (χ4v) is 2.36. The summed E-state index contributed by atoms with van der Waals surface area (Å²) in [4.78, 5) is 2.10. The molecule has 0 saturated heterocycles. The summed E-state index contributed by atoms with van der Waals surface area (Å²) in [5.41, 5.74) is 0. The Hall–Kier alpha value is -1.15. The van der Waals surface area contributed by atoms with Crippen LogP contribution in [0.2, 0.25) is 0 Å². The van der Waals surface area contributed by atoms with Gasteiger partial charge in [-0.3, -0.25) is 4.90 Å². The molecule has 0 bridgehead atoms. The number of hydrogen-bond donors (Lipinski definition) is 1. The summed E-state index contributed by atoms with van der Waals surface area (Å²) < 4.78 is 39.3. The minimum Gasteiger partial charge on any atom is -0.315 e. The van der Waals surface area contributed by atoms with Crippen molar-refractivity contribution in [1.29, 1.82) is 0 Å². The number of nitrogens with zero attached hydrogens (tertiary/aromatic N) is 4. The highest BCUT2D eigenvalue weighted by Gasteiger charge is 2.39. The molecule has 0 fully saturated rings. The van der Waals surface area contributed by atoms with Crippen molar-refractivity contribution < 1.29 is 13.2 Å². The van der Waals surface area contributed by atoms with E-state index in [-0.39, 0.29) is 0 Å². The van der Waals surface area contributed by atoms with Gasteiger partial charge in [0.15, 0.2) is 0 Å². The molecule has 1 aromatic rings. The van der Waals surface area contributed by atoms with Crippen molar-refractivity contribution in [3.05, 3.63) is 11.6 Å². The van der Waals surface area contributed by atoms with Crippen molar-refractivity contribution in [2.45, 2.75) is 39.5 Å². The fraction of sp³-hybridized carbons (Fsp3) is 0.846. The summed E-state index contributed by atoms with van der Waals surface area (Å²) in [5, 5.41) is 10.3. The molecule has 21 heavy (non-hydrogen) atoms. The summed E-state index contributed by atoms with van der Waals surface area (Å²) in [5.74, 6) is 0.190. The predicted molar refractivity (Wildman–Crippen MR) is 72.6 cm³/mol. The SMILES string of the molecule is CC(C)CCNCCN1CCn2c(nnc2C(F)(F)F)C1. The van der Waals surface area contributed by atoms with E-state index < -0.39 is 12.0 Å². The zero-order valence-electron chi connectivity index (χ0n) is 12.4. The third-order valence-corrected chi connectivity index (χ3v) is 3.59. The Kier molecular flexibility index (Phi) is 5.21. The molecule has 0 aliphatic carbocycles. The molecule has 8 heteroatoms. The van der Waals surface area contributed by atoms with Gasteiger partial charge in [-0.25, -0.2) is 0 Å². The molecular weight excluding hydrogens is 283 g/mol. The van der Waals surface area contributed by atoms with Gasteiger partial charge < -0.3 is 9.88 Å². The number of hydrogen-bond acceptors (Lipinski definition) is 4. The Balaban J connectivity index is 1.80. The second-order valence-corrected chi connectivity index (χ2v) is 5.80. The van der Waals surface area contributed by atoms with Gasteiger partial charge in [-0.15, -0.1) is 10.2 Å². The van der Waals surface area contributed by atoms with E-state index in [0.717, 1.165) is 26.1 Å². The smallest absolute Gasteiger partial charge is 0.315 e. The van der Waals surface area contributed by atoms with E-state index in [9.17, 15) is 13.2 Å². The zero-order chi connectivity index (χ0) is 15.5. The van der Waals surface area contributed by atoms with Crippen LogP contribution in [0.4, 0.5) is 13.2 Å². The van der Waals surface area contributed by atoms with Crippen molar-refractivity contribution in [2.24, 2.45) is 5.92 Å². The van der Waals surface area contributed by atoms with Crippen LogP contribution in [0.5, 0.6) is 0 Å². The number of rotatable bonds is 6. The van der Waals surface area contributed by atoms with E-state index >= 15 is 0 Å². The average Bonchev–Trinajstić information content (AvgIpc) is 2.80. The maximum Gasteiger partial charge on any atom is 0.451 e. The molecule has 0 radical (unpaired) electrons. The summed E-state index contributed by atoms with van der Waals surface area (Å²) in [7, 11) is 0. The molecule has 1 aliphatic rings. The van der Waals surface area contributed by atoms with Crippen LogP contribution in [0.25, 0.3) is 0 Å². The number of nitrogens with one attached hydrogen (secondary N) is 1. The molecule has 0 unspecified atom stereocenters. The minimum atomic E-state index is -4.42. The Bertz CT molecular complexity index is 455.